The Kier molecular flexibility index (Phi) is 17.9. The molecule has 6 N–H and O–H groups in total. The van der Waals surface area contributed by atoms with Gasteiger partial charge in [0.05, 0.1) is 39.7 Å². The molecule has 0 saturated carbocycles. The second-order valence-electron chi connectivity index (χ2n) is 18.5. The van der Waals surface area contributed by atoms with Crippen LogP contribution in [-0.2, 0) is 40.5 Å². The fourth-order valence-corrected chi connectivity index (χ4v) is 10.5. The van der Waals surface area contributed by atoms with E-state index in [4.69, 9.17) is 5.73 Å². The molecule has 4 atom stereocenters. The molecule has 4 heterocycles. The number of hydrogen-bond donors (Lipinski definition) is 5. The molecule has 6 rings (SSSR count). The first kappa shape index (κ1) is 53.1. The molecule has 70 heavy (non-hydrogen) atoms. The Morgan fingerprint density at radius 1 is 0.943 bits per heavy atom. The van der Waals surface area contributed by atoms with E-state index >= 15 is 0 Å². The van der Waals surface area contributed by atoms with Gasteiger partial charge in [0.1, 0.15) is 18.1 Å². The topological polar surface area (TPSA) is 256 Å². The summed E-state index contributed by atoms with van der Waals surface area (Å²) in [7, 11) is -3.69. The van der Waals surface area contributed by atoms with Crippen LogP contribution in [0.25, 0.3) is 21.7 Å². The largest absolute Gasteiger partial charge is 0.391 e. The number of aromatic nitrogens is 3. The monoisotopic (exact) mass is 1020 g/mol. The number of rotatable bonds is 22. The molecule has 1 fully saturated rings. The number of hydrogen-bond acceptors (Lipinski definition) is 13. The fraction of sp³-hybridized carbons (Fsp3) is 0.429. The van der Waals surface area contributed by atoms with Gasteiger partial charge in [0.25, 0.3) is 5.91 Å². The van der Waals surface area contributed by atoms with Gasteiger partial charge >= 0.3 is 0 Å². The van der Waals surface area contributed by atoms with Crippen molar-refractivity contribution in [2.24, 2.45) is 11.1 Å². The first-order valence-electron chi connectivity index (χ1n) is 23.0. The summed E-state index contributed by atoms with van der Waals surface area (Å²) in [5.41, 5.74) is 10.6. The zero-order valence-electron chi connectivity index (χ0n) is 39.9. The molecular formula is C49H61N9O9S3. The Hall–Kier alpha value is -6.29. The number of β-amino-alcohol motifs (C(OH)–C–C–N with tert-alkyl or cyclic N) is 1. The van der Waals surface area contributed by atoms with Gasteiger partial charge in [-0.3, -0.25) is 32.7 Å². The molecule has 5 aromatic rings. The summed E-state index contributed by atoms with van der Waals surface area (Å²) in [6.45, 7) is 7.49. The van der Waals surface area contributed by atoms with E-state index in [1.54, 1.807) is 22.2 Å². The maximum absolute atomic E-state index is 14.9. The first-order valence-corrected chi connectivity index (χ1v) is 26.6. The predicted octanol–water partition coefficient (Wildman–Crippen LogP) is 5.33. The second kappa shape index (κ2) is 23.5. The van der Waals surface area contributed by atoms with Crippen molar-refractivity contribution in [2.45, 2.75) is 110 Å². The van der Waals surface area contributed by atoms with Gasteiger partial charge < -0.3 is 36.6 Å². The number of carbonyl (C=O) groups is 6. The standard InChI is InChI=1S/C49H61N9O9S3/c1-31-42(69-30-52-31)34-20-18-32(19-21-34)26-51-46(64)39-25-36(59)28-58(39)47(65)43(49(2,3)4)57(41(61)17-10-9-16-40(50)60)23-12-11-15-37(53-44(62)35-22-24-56(27-35)70(5,66)67)45(63)55-48-54-38(29-68-48)33-13-7-6-8-14-33/h6-8,13-14,18-22,24,27,29-30,36-37,39,43,59H,9-12,15-17,23,25-26,28H2,1-5H3,(H2,50,60)(H,51,64)(H,53,62)(H,54,55,63)/t36-,37+,39+,43-/m1/s1. The van der Waals surface area contributed by atoms with E-state index in [0.717, 1.165) is 43.7 Å². The van der Waals surface area contributed by atoms with Gasteiger partial charge in [0.15, 0.2) is 5.13 Å². The quantitative estimate of drug-likeness (QED) is 0.0554. The molecule has 0 aliphatic carbocycles. The van der Waals surface area contributed by atoms with Crippen LogP contribution in [0.1, 0.15) is 93.8 Å². The summed E-state index contributed by atoms with van der Waals surface area (Å²) < 4.78 is 25.2. The molecule has 374 valence electrons. The van der Waals surface area contributed by atoms with Crippen LogP contribution in [0, 0.1) is 12.3 Å². The molecule has 1 saturated heterocycles. The van der Waals surface area contributed by atoms with Gasteiger partial charge in [-0.1, -0.05) is 75.4 Å². The highest BCUT2D eigenvalue weighted by molar-refractivity contribution is 7.89. The number of nitrogens with one attached hydrogen (secondary N) is 3. The highest BCUT2D eigenvalue weighted by Gasteiger charge is 2.47. The molecule has 1 aliphatic rings. The number of likely N-dealkylation sites (tertiary alicyclic amines) is 1. The lowest BCUT2D eigenvalue weighted by Gasteiger charge is -2.42. The Bertz CT molecular complexity index is 2750. The van der Waals surface area contributed by atoms with Gasteiger partial charge in [0, 0.05) is 62.2 Å². The van der Waals surface area contributed by atoms with Crippen LogP contribution in [0.15, 0.2) is 83.9 Å². The number of unbranched alkanes of at least 4 members (excludes halogenated alkanes) is 2. The summed E-state index contributed by atoms with van der Waals surface area (Å²) in [5.74, 6) is -3.09. The predicted molar refractivity (Wildman–Crippen MR) is 269 cm³/mol. The first-order chi connectivity index (χ1) is 33.2. The zero-order chi connectivity index (χ0) is 50.8. The van der Waals surface area contributed by atoms with E-state index in [1.165, 1.54) is 33.4 Å². The van der Waals surface area contributed by atoms with Crippen molar-refractivity contribution in [3.05, 3.63) is 101 Å². The smallest absolute Gasteiger partial charge is 0.253 e. The van der Waals surface area contributed by atoms with Crippen molar-refractivity contribution in [2.75, 3.05) is 24.7 Å². The maximum Gasteiger partial charge on any atom is 0.253 e. The number of carbonyl (C=O) groups excluding carboxylic acids is 6. The van der Waals surface area contributed by atoms with Crippen molar-refractivity contribution in [3.63, 3.8) is 0 Å². The number of nitrogens with two attached hydrogens (primary N) is 1. The lowest BCUT2D eigenvalue weighted by molar-refractivity contribution is -0.153. The third kappa shape index (κ3) is 14.2. The summed E-state index contributed by atoms with van der Waals surface area (Å²) in [5, 5.41) is 21.5. The fourth-order valence-electron chi connectivity index (χ4n) is 8.33. The number of aliphatic hydroxyl groups excluding tert-OH is 1. The van der Waals surface area contributed by atoms with E-state index in [-0.39, 0.29) is 69.6 Å². The van der Waals surface area contributed by atoms with Crippen molar-refractivity contribution in [1.82, 2.24) is 34.4 Å². The third-order valence-corrected chi connectivity index (χ3v) is 14.7. The van der Waals surface area contributed by atoms with Crippen LogP contribution in [0.3, 0.4) is 0 Å². The molecular weight excluding hydrogens is 955 g/mol. The Balaban J connectivity index is 1.18. The Labute approximate surface area is 416 Å². The van der Waals surface area contributed by atoms with Crippen LogP contribution in [-0.4, -0.2) is 116 Å². The molecule has 18 nitrogen and oxygen atoms in total. The number of benzene rings is 2. The number of aliphatic hydroxyl groups is 1. The van der Waals surface area contributed by atoms with Gasteiger partial charge in [0.2, 0.25) is 39.6 Å². The lowest BCUT2D eigenvalue weighted by atomic mass is 9.83. The summed E-state index contributed by atoms with van der Waals surface area (Å²) in [6.07, 6.45) is 3.74. The highest BCUT2D eigenvalue weighted by Crippen LogP contribution is 2.32. The Morgan fingerprint density at radius 2 is 1.66 bits per heavy atom. The summed E-state index contributed by atoms with van der Waals surface area (Å²) in [6, 6.07) is 15.2. The van der Waals surface area contributed by atoms with Crippen LogP contribution in [0.4, 0.5) is 5.13 Å². The maximum atomic E-state index is 14.9. The third-order valence-electron chi connectivity index (χ3n) is 11.9. The lowest BCUT2D eigenvalue weighted by Crippen LogP contribution is -2.59. The minimum Gasteiger partial charge on any atom is -0.391 e. The van der Waals surface area contributed by atoms with Gasteiger partial charge in [-0.25, -0.2) is 18.4 Å². The minimum absolute atomic E-state index is 0.00179. The van der Waals surface area contributed by atoms with Crippen molar-refractivity contribution >= 4 is 73.3 Å². The molecule has 2 aromatic carbocycles. The summed E-state index contributed by atoms with van der Waals surface area (Å²) in [4.78, 5) is 94.9. The van der Waals surface area contributed by atoms with Gasteiger partial charge in [-0.15, -0.1) is 22.7 Å². The van der Waals surface area contributed by atoms with Crippen LogP contribution < -0.4 is 21.7 Å². The normalized spacial score (nSPS) is 15.8. The number of anilines is 1. The molecule has 3 aromatic heterocycles. The number of nitrogens with zero attached hydrogens (tertiary/aromatic N) is 5. The molecule has 1 aliphatic heterocycles. The average Bonchev–Trinajstić information content (AvgIpc) is 4.15. The zero-order valence-corrected chi connectivity index (χ0v) is 42.4. The minimum atomic E-state index is -3.69. The number of aryl methyl sites for hydroxylation is 1. The van der Waals surface area contributed by atoms with Crippen molar-refractivity contribution < 1.29 is 42.3 Å². The average molecular weight is 1020 g/mol. The van der Waals surface area contributed by atoms with E-state index in [1.807, 2.05) is 82.3 Å². The van der Waals surface area contributed by atoms with E-state index in [2.05, 4.69) is 25.9 Å². The van der Waals surface area contributed by atoms with Crippen LogP contribution in [0.2, 0.25) is 0 Å². The highest BCUT2D eigenvalue weighted by atomic mass is 32.2. The molecule has 21 heteroatoms. The van der Waals surface area contributed by atoms with E-state index in [9.17, 15) is 42.3 Å². The van der Waals surface area contributed by atoms with Crippen molar-refractivity contribution in [1.29, 1.82) is 0 Å². The molecule has 0 spiro atoms. The molecule has 0 radical (unpaired) electrons. The SMILES string of the molecule is Cc1ncsc1-c1ccc(CNC(=O)[C@@H]2C[C@@H](O)CN2C(=O)[C@@H](N(CCCC[C@H](NC(=O)c2ccn(S(C)(=O)=O)c2)C(=O)Nc2nc(-c3ccccc3)cs2)C(=O)CCCCC(N)=O)C(C)(C)C)cc1. The number of amides is 6. The van der Waals surface area contributed by atoms with Crippen LogP contribution in [0.5, 0.6) is 0 Å². The van der Waals surface area contributed by atoms with E-state index < -0.39 is 69.2 Å². The number of primary amides is 1. The van der Waals surface area contributed by atoms with Crippen LogP contribution >= 0.6 is 22.7 Å². The Morgan fingerprint density at radius 3 is 2.30 bits per heavy atom. The van der Waals surface area contributed by atoms with Gasteiger partial charge in [-0.05, 0) is 61.6 Å². The van der Waals surface area contributed by atoms with Crippen molar-refractivity contribution in [3.8, 4) is 21.7 Å². The summed E-state index contributed by atoms with van der Waals surface area (Å²) >= 11 is 2.75. The molecule has 6 amide bonds. The molecule has 0 unspecified atom stereocenters. The van der Waals surface area contributed by atoms with Gasteiger partial charge in [-0.2, -0.15) is 0 Å². The number of thiazole rings is 2. The second-order valence-corrected chi connectivity index (χ2v) is 22.1. The molecule has 0 bridgehead atoms. The van der Waals surface area contributed by atoms with E-state index in [0.29, 0.717) is 23.7 Å².